The molecule has 3 nitrogen and oxygen atoms in total. The number of hydrogen-bond donors (Lipinski definition) is 3. The maximum atomic E-state index is 9.89. The van der Waals surface area contributed by atoms with Crippen LogP contribution in [0.15, 0.2) is 6.07 Å². The van der Waals surface area contributed by atoms with Crippen LogP contribution in [-0.2, 0) is 0 Å². The summed E-state index contributed by atoms with van der Waals surface area (Å²) in [5, 5.41) is 22.6. The van der Waals surface area contributed by atoms with Gasteiger partial charge in [-0.2, -0.15) is 0 Å². The van der Waals surface area contributed by atoms with Crippen molar-refractivity contribution in [1.29, 1.82) is 0 Å². The third-order valence-electron chi connectivity index (χ3n) is 2.47. The van der Waals surface area contributed by atoms with Crippen molar-refractivity contribution in [3.63, 3.8) is 0 Å². The lowest BCUT2D eigenvalue weighted by molar-refractivity contribution is 0.176. The SMILES string of the molecule is CNCC(O)c1c(C)cc(O)c(Cl)c1C. The van der Waals surface area contributed by atoms with Crippen LogP contribution in [-0.4, -0.2) is 23.8 Å². The number of nitrogens with one attached hydrogen (secondary N) is 1. The minimum absolute atomic E-state index is 0.0621. The molecule has 4 heteroatoms. The second-order valence-corrected chi connectivity index (χ2v) is 4.02. The number of halogens is 1. The van der Waals surface area contributed by atoms with Crippen LogP contribution < -0.4 is 5.32 Å². The Morgan fingerprint density at radius 3 is 2.60 bits per heavy atom. The van der Waals surface area contributed by atoms with E-state index in [1.54, 1.807) is 20.0 Å². The van der Waals surface area contributed by atoms with Gasteiger partial charge in [-0.25, -0.2) is 0 Å². The first-order chi connectivity index (χ1) is 6.99. The van der Waals surface area contributed by atoms with Crippen LogP contribution in [0.3, 0.4) is 0 Å². The molecule has 0 saturated carbocycles. The molecule has 0 fully saturated rings. The predicted octanol–water partition coefficient (Wildman–Crippen LogP) is 1.92. The first-order valence-corrected chi connectivity index (χ1v) is 5.18. The third kappa shape index (κ3) is 2.43. The number of benzene rings is 1. The van der Waals surface area contributed by atoms with E-state index in [4.69, 9.17) is 11.6 Å². The van der Waals surface area contributed by atoms with Crippen molar-refractivity contribution in [3.05, 3.63) is 27.8 Å². The lowest BCUT2D eigenvalue weighted by Crippen LogP contribution is -2.18. The van der Waals surface area contributed by atoms with Gasteiger partial charge in [-0.15, -0.1) is 0 Å². The molecule has 0 aromatic heterocycles. The van der Waals surface area contributed by atoms with Crippen molar-refractivity contribution < 1.29 is 10.2 Å². The van der Waals surface area contributed by atoms with Gasteiger partial charge in [0.15, 0.2) is 0 Å². The van der Waals surface area contributed by atoms with Gasteiger partial charge >= 0.3 is 0 Å². The summed E-state index contributed by atoms with van der Waals surface area (Å²) in [6.45, 7) is 4.10. The zero-order chi connectivity index (χ0) is 11.6. The van der Waals surface area contributed by atoms with Crippen LogP contribution in [0.1, 0.15) is 22.8 Å². The molecular weight excluding hydrogens is 214 g/mol. The van der Waals surface area contributed by atoms with E-state index >= 15 is 0 Å². The average Bonchev–Trinajstić information content (AvgIpc) is 2.15. The Bertz CT molecular complexity index is 366. The summed E-state index contributed by atoms with van der Waals surface area (Å²) in [4.78, 5) is 0. The zero-order valence-corrected chi connectivity index (χ0v) is 9.89. The Balaban J connectivity index is 3.23. The molecule has 1 unspecified atom stereocenters. The molecule has 0 aliphatic heterocycles. The Morgan fingerprint density at radius 1 is 1.47 bits per heavy atom. The van der Waals surface area contributed by atoms with Gasteiger partial charge in [-0.05, 0) is 43.7 Å². The number of aryl methyl sites for hydroxylation is 1. The Morgan fingerprint density at radius 2 is 2.07 bits per heavy atom. The zero-order valence-electron chi connectivity index (χ0n) is 9.13. The van der Waals surface area contributed by atoms with E-state index in [0.29, 0.717) is 11.6 Å². The Labute approximate surface area is 94.7 Å². The molecule has 0 aliphatic rings. The molecule has 0 spiro atoms. The summed E-state index contributed by atoms with van der Waals surface area (Å²) in [5.41, 5.74) is 2.36. The summed E-state index contributed by atoms with van der Waals surface area (Å²) >= 11 is 5.92. The Hall–Kier alpha value is -0.770. The highest BCUT2D eigenvalue weighted by Crippen LogP contribution is 2.34. The molecule has 84 valence electrons. The van der Waals surface area contributed by atoms with Crippen molar-refractivity contribution >= 4 is 11.6 Å². The lowest BCUT2D eigenvalue weighted by Gasteiger charge is -2.18. The van der Waals surface area contributed by atoms with Crippen LogP contribution in [0.2, 0.25) is 5.02 Å². The standard InChI is InChI=1S/C11H16ClNO2/c1-6-4-8(14)11(12)7(2)10(6)9(15)5-13-3/h4,9,13-15H,5H2,1-3H3. The van der Waals surface area contributed by atoms with Gasteiger partial charge in [-0.1, -0.05) is 11.6 Å². The fourth-order valence-corrected chi connectivity index (χ4v) is 1.92. The number of phenols is 1. The summed E-state index contributed by atoms with van der Waals surface area (Å²) in [7, 11) is 1.77. The first kappa shape index (κ1) is 12.3. The summed E-state index contributed by atoms with van der Waals surface area (Å²) in [6, 6.07) is 1.57. The van der Waals surface area contributed by atoms with Crippen molar-refractivity contribution in [3.8, 4) is 5.75 Å². The minimum atomic E-state index is -0.604. The quantitative estimate of drug-likeness (QED) is 0.742. The van der Waals surface area contributed by atoms with Gasteiger partial charge in [-0.3, -0.25) is 0 Å². The maximum Gasteiger partial charge on any atom is 0.134 e. The van der Waals surface area contributed by atoms with E-state index in [0.717, 1.165) is 16.7 Å². The monoisotopic (exact) mass is 229 g/mol. The molecule has 0 radical (unpaired) electrons. The van der Waals surface area contributed by atoms with Crippen LogP contribution in [0.4, 0.5) is 0 Å². The van der Waals surface area contributed by atoms with Crippen molar-refractivity contribution in [2.45, 2.75) is 20.0 Å². The van der Waals surface area contributed by atoms with Gasteiger partial charge in [0.05, 0.1) is 11.1 Å². The third-order valence-corrected chi connectivity index (χ3v) is 2.94. The van der Waals surface area contributed by atoms with Crippen LogP contribution in [0.25, 0.3) is 0 Å². The highest BCUT2D eigenvalue weighted by atomic mass is 35.5. The number of aromatic hydroxyl groups is 1. The Kier molecular flexibility index (Phi) is 3.97. The molecule has 0 aliphatic carbocycles. The number of phenolic OH excluding ortho intramolecular Hbond substituents is 1. The van der Waals surface area contributed by atoms with Gasteiger partial charge < -0.3 is 15.5 Å². The fraction of sp³-hybridized carbons (Fsp3) is 0.455. The molecule has 0 heterocycles. The summed E-state index contributed by atoms with van der Waals surface area (Å²) in [5.74, 6) is 0.0621. The summed E-state index contributed by atoms with van der Waals surface area (Å²) < 4.78 is 0. The second kappa shape index (κ2) is 4.84. The molecule has 0 amide bonds. The molecule has 3 N–H and O–H groups in total. The first-order valence-electron chi connectivity index (χ1n) is 4.80. The van der Waals surface area contributed by atoms with E-state index in [1.807, 2.05) is 6.92 Å². The maximum absolute atomic E-state index is 9.89. The van der Waals surface area contributed by atoms with Crippen molar-refractivity contribution in [1.82, 2.24) is 5.32 Å². The lowest BCUT2D eigenvalue weighted by atomic mass is 9.97. The van der Waals surface area contributed by atoms with Crippen LogP contribution in [0, 0.1) is 13.8 Å². The molecule has 1 rings (SSSR count). The number of aliphatic hydroxyl groups is 1. The molecule has 1 aromatic carbocycles. The number of aliphatic hydroxyl groups excluding tert-OH is 1. The van der Waals surface area contributed by atoms with E-state index in [-0.39, 0.29) is 5.75 Å². The van der Waals surface area contributed by atoms with E-state index in [1.165, 1.54) is 0 Å². The highest BCUT2D eigenvalue weighted by molar-refractivity contribution is 6.32. The van der Waals surface area contributed by atoms with Gasteiger partial charge in [0.2, 0.25) is 0 Å². The summed E-state index contributed by atoms with van der Waals surface area (Å²) in [6.07, 6.45) is -0.604. The number of hydrogen-bond acceptors (Lipinski definition) is 3. The highest BCUT2D eigenvalue weighted by Gasteiger charge is 2.17. The molecule has 1 aromatic rings. The minimum Gasteiger partial charge on any atom is -0.506 e. The topological polar surface area (TPSA) is 52.5 Å². The predicted molar refractivity (Wildman–Crippen MR) is 61.5 cm³/mol. The number of likely N-dealkylation sites (N-methyl/N-ethyl adjacent to an activating group) is 1. The van der Waals surface area contributed by atoms with Gasteiger partial charge in [0.25, 0.3) is 0 Å². The second-order valence-electron chi connectivity index (χ2n) is 3.64. The van der Waals surface area contributed by atoms with Crippen LogP contribution >= 0.6 is 11.6 Å². The average molecular weight is 230 g/mol. The molecule has 1 atom stereocenters. The van der Waals surface area contributed by atoms with E-state index < -0.39 is 6.10 Å². The smallest absolute Gasteiger partial charge is 0.134 e. The van der Waals surface area contributed by atoms with Crippen molar-refractivity contribution in [2.75, 3.05) is 13.6 Å². The van der Waals surface area contributed by atoms with Gasteiger partial charge in [0, 0.05) is 6.54 Å². The van der Waals surface area contributed by atoms with E-state index in [9.17, 15) is 10.2 Å². The van der Waals surface area contributed by atoms with Gasteiger partial charge in [0.1, 0.15) is 5.75 Å². The fourth-order valence-electron chi connectivity index (χ4n) is 1.76. The number of rotatable bonds is 3. The molecule has 0 bridgehead atoms. The van der Waals surface area contributed by atoms with E-state index in [2.05, 4.69) is 5.32 Å². The largest absolute Gasteiger partial charge is 0.506 e. The van der Waals surface area contributed by atoms with Crippen LogP contribution in [0.5, 0.6) is 5.75 Å². The molecule has 0 saturated heterocycles. The molecule has 15 heavy (non-hydrogen) atoms. The molecular formula is C11H16ClNO2. The van der Waals surface area contributed by atoms with Crippen molar-refractivity contribution in [2.24, 2.45) is 0 Å². The normalized spacial score (nSPS) is 12.9.